The number of aryl methyl sites for hydroxylation is 2. The summed E-state index contributed by atoms with van der Waals surface area (Å²) in [5.74, 6) is 0.254. The number of rotatable bonds is 9. The van der Waals surface area contributed by atoms with Crippen LogP contribution in [0, 0.1) is 20.8 Å². The largest absolute Gasteiger partial charge is 0.483 e. The van der Waals surface area contributed by atoms with Crippen LogP contribution < -0.4 is 10.1 Å². The average molecular weight is 566 g/mol. The molecule has 3 aromatic rings. The lowest BCUT2D eigenvalue weighted by molar-refractivity contribution is -0.143. The fourth-order valence-electron chi connectivity index (χ4n) is 4.17. The normalized spacial score (nSPS) is 12.1. The summed E-state index contributed by atoms with van der Waals surface area (Å²) in [4.78, 5) is 29.0. The summed E-state index contributed by atoms with van der Waals surface area (Å²) >= 11 is 3.47. The van der Waals surface area contributed by atoms with Gasteiger partial charge in [0.1, 0.15) is 11.8 Å². The number of amides is 2. The van der Waals surface area contributed by atoms with E-state index in [-0.39, 0.29) is 25.0 Å². The monoisotopic (exact) mass is 564 g/mol. The number of carbonyl (C=O) groups excluding carboxylic acids is 2. The van der Waals surface area contributed by atoms with E-state index in [2.05, 4.69) is 27.3 Å². The predicted molar refractivity (Wildman–Crippen MR) is 153 cm³/mol. The number of benzene rings is 3. The Kier molecular flexibility index (Phi) is 9.55. The third-order valence-corrected chi connectivity index (χ3v) is 6.68. The zero-order valence-corrected chi connectivity index (χ0v) is 24.2. The van der Waals surface area contributed by atoms with Crippen molar-refractivity contribution in [2.24, 2.45) is 0 Å². The number of hydrogen-bond acceptors (Lipinski definition) is 3. The summed E-state index contributed by atoms with van der Waals surface area (Å²) in [6, 6.07) is 20.9. The van der Waals surface area contributed by atoms with Crippen LogP contribution in [-0.2, 0) is 22.6 Å². The molecule has 0 aliphatic heterocycles. The molecule has 0 radical (unpaired) electrons. The Morgan fingerprint density at radius 2 is 1.59 bits per heavy atom. The second-order valence-corrected chi connectivity index (χ2v) is 11.5. The van der Waals surface area contributed by atoms with Crippen molar-refractivity contribution in [1.82, 2.24) is 10.2 Å². The van der Waals surface area contributed by atoms with E-state index in [1.54, 1.807) is 4.90 Å². The van der Waals surface area contributed by atoms with Crippen molar-refractivity contribution >= 4 is 27.7 Å². The Bertz CT molecular complexity index is 1220. The minimum Gasteiger partial charge on any atom is -0.483 e. The van der Waals surface area contributed by atoms with Crippen LogP contribution in [0.3, 0.4) is 0 Å². The van der Waals surface area contributed by atoms with Crippen molar-refractivity contribution in [3.05, 3.63) is 99.0 Å². The van der Waals surface area contributed by atoms with Crippen LogP contribution in [0.5, 0.6) is 5.75 Å². The van der Waals surface area contributed by atoms with Gasteiger partial charge in [0, 0.05) is 23.0 Å². The summed E-state index contributed by atoms with van der Waals surface area (Å²) < 4.78 is 7.00. The van der Waals surface area contributed by atoms with Gasteiger partial charge in [-0.05, 0) is 87.6 Å². The first-order valence-corrected chi connectivity index (χ1v) is 13.3. The molecule has 6 heteroatoms. The highest BCUT2D eigenvalue weighted by atomic mass is 79.9. The Hall–Kier alpha value is -3.12. The van der Waals surface area contributed by atoms with Gasteiger partial charge in [0.25, 0.3) is 5.91 Å². The van der Waals surface area contributed by atoms with Gasteiger partial charge < -0.3 is 15.0 Å². The molecule has 2 amide bonds. The standard InChI is InChI=1S/C31H37BrN2O3/c1-21-16-22(2)23(3)28(17-21)37-20-29(35)34(19-25-12-14-26(32)15-13-25)27(30(36)33-31(4,5)6)18-24-10-8-7-9-11-24/h7-17,27H,18-20H2,1-6H3,(H,33,36)/t27-/m1/s1. The van der Waals surface area contributed by atoms with E-state index in [4.69, 9.17) is 4.74 Å². The predicted octanol–water partition coefficient (Wildman–Crippen LogP) is 6.31. The van der Waals surface area contributed by atoms with Gasteiger partial charge in [0.05, 0.1) is 0 Å². The van der Waals surface area contributed by atoms with Crippen LogP contribution in [0.1, 0.15) is 48.6 Å². The molecule has 0 aliphatic rings. The molecule has 1 N–H and O–H groups in total. The zero-order chi connectivity index (χ0) is 27.2. The number of halogens is 1. The summed E-state index contributed by atoms with van der Waals surface area (Å²) in [5.41, 5.74) is 4.66. The first-order valence-electron chi connectivity index (χ1n) is 12.5. The molecular formula is C31H37BrN2O3. The minimum absolute atomic E-state index is 0.158. The van der Waals surface area contributed by atoms with Crippen molar-refractivity contribution in [3.8, 4) is 5.75 Å². The molecular weight excluding hydrogens is 528 g/mol. The van der Waals surface area contributed by atoms with Crippen LogP contribution >= 0.6 is 15.9 Å². The van der Waals surface area contributed by atoms with E-state index in [0.717, 1.165) is 32.3 Å². The molecule has 0 heterocycles. The van der Waals surface area contributed by atoms with Gasteiger partial charge in [-0.1, -0.05) is 64.5 Å². The molecule has 0 unspecified atom stereocenters. The third kappa shape index (κ3) is 8.46. The van der Waals surface area contributed by atoms with E-state index in [0.29, 0.717) is 12.2 Å². The molecule has 3 aromatic carbocycles. The van der Waals surface area contributed by atoms with E-state index < -0.39 is 11.6 Å². The smallest absolute Gasteiger partial charge is 0.261 e. The molecule has 0 saturated carbocycles. The second kappa shape index (κ2) is 12.4. The molecule has 0 aliphatic carbocycles. The first kappa shape index (κ1) is 28.5. The maximum absolute atomic E-state index is 13.8. The van der Waals surface area contributed by atoms with Crippen molar-refractivity contribution in [2.45, 2.75) is 66.1 Å². The van der Waals surface area contributed by atoms with E-state index >= 15 is 0 Å². The average Bonchev–Trinajstić information content (AvgIpc) is 2.83. The second-order valence-electron chi connectivity index (χ2n) is 10.6. The van der Waals surface area contributed by atoms with Gasteiger partial charge in [-0.3, -0.25) is 9.59 Å². The highest BCUT2D eigenvalue weighted by Crippen LogP contribution is 2.24. The van der Waals surface area contributed by atoms with Crippen molar-refractivity contribution in [3.63, 3.8) is 0 Å². The lowest BCUT2D eigenvalue weighted by atomic mass is 10.0. The van der Waals surface area contributed by atoms with Gasteiger partial charge in [0.15, 0.2) is 6.61 Å². The van der Waals surface area contributed by atoms with E-state index in [9.17, 15) is 9.59 Å². The molecule has 0 spiro atoms. The van der Waals surface area contributed by atoms with Crippen LogP contribution in [0.2, 0.25) is 0 Å². The molecule has 0 saturated heterocycles. The van der Waals surface area contributed by atoms with Crippen molar-refractivity contribution < 1.29 is 14.3 Å². The highest BCUT2D eigenvalue weighted by Gasteiger charge is 2.32. The van der Waals surface area contributed by atoms with Gasteiger partial charge >= 0.3 is 0 Å². The lowest BCUT2D eigenvalue weighted by Gasteiger charge is -2.34. The molecule has 5 nitrogen and oxygen atoms in total. The van der Waals surface area contributed by atoms with Gasteiger partial charge in [-0.2, -0.15) is 0 Å². The lowest BCUT2D eigenvalue weighted by Crippen LogP contribution is -2.55. The minimum atomic E-state index is -0.707. The fraction of sp³-hybridized carbons (Fsp3) is 0.355. The molecule has 1 atom stereocenters. The molecule has 0 aromatic heterocycles. The summed E-state index contributed by atoms with van der Waals surface area (Å²) in [5, 5.41) is 3.09. The van der Waals surface area contributed by atoms with Crippen LogP contribution in [0.4, 0.5) is 0 Å². The Morgan fingerprint density at radius 1 is 0.946 bits per heavy atom. The number of nitrogens with one attached hydrogen (secondary N) is 1. The quantitative estimate of drug-likeness (QED) is 0.331. The number of carbonyl (C=O) groups is 2. The Balaban J connectivity index is 1.95. The molecule has 0 fully saturated rings. The van der Waals surface area contributed by atoms with Gasteiger partial charge in [0.2, 0.25) is 5.91 Å². The molecule has 196 valence electrons. The zero-order valence-electron chi connectivity index (χ0n) is 22.6. The maximum Gasteiger partial charge on any atom is 0.261 e. The summed E-state index contributed by atoms with van der Waals surface area (Å²) in [7, 11) is 0. The van der Waals surface area contributed by atoms with Crippen LogP contribution in [0.25, 0.3) is 0 Å². The van der Waals surface area contributed by atoms with Gasteiger partial charge in [-0.15, -0.1) is 0 Å². The van der Waals surface area contributed by atoms with Crippen molar-refractivity contribution in [1.29, 1.82) is 0 Å². The fourth-order valence-corrected chi connectivity index (χ4v) is 4.43. The number of nitrogens with zero attached hydrogens (tertiary/aromatic N) is 1. The van der Waals surface area contributed by atoms with E-state index in [1.165, 1.54) is 0 Å². The number of hydrogen-bond donors (Lipinski definition) is 1. The van der Waals surface area contributed by atoms with Crippen molar-refractivity contribution in [2.75, 3.05) is 6.61 Å². The number of ether oxygens (including phenoxy) is 1. The Morgan fingerprint density at radius 3 is 2.22 bits per heavy atom. The highest BCUT2D eigenvalue weighted by molar-refractivity contribution is 9.10. The SMILES string of the molecule is Cc1cc(C)c(C)c(OCC(=O)N(Cc2ccc(Br)cc2)[C@H](Cc2ccccc2)C(=O)NC(C)(C)C)c1. The maximum atomic E-state index is 13.8. The first-order chi connectivity index (χ1) is 17.4. The van der Waals surface area contributed by atoms with Gasteiger partial charge in [-0.25, -0.2) is 0 Å². The van der Waals surface area contributed by atoms with Crippen LogP contribution in [0.15, 0.2) is 71.2 Å². The van der Waals surface area contributed by atoms with E-state index in [1.807, 2.05) is 102 Å². The summed E-state index contributed by atoms with van der Waals surface area (Å²) in [6.07, 6.45) is 0.396. The van der Waals surface area contributed by atoms with Crippen LogP contribution in [-0.4, -0.2) is 34.9 Å². The molecule has 3 rings (SSSR count). The topological polar surface area (TPSA) is 58.6 Å². The molecule has 0 bridgehead atoms. The summed E-state index contributed by atoms with van der Waals surface area (Å²) in [6.45, 7) is 12.0. The Labute approximate surface area is 229 Å². The third-order valence-electron chi connectivity index (χ3n) is 6.15. The molecule has 37 heavy (non-hydrogen) atoms.